The van der Waals surface area contributed by atoms with Crippen molar-refractivity contribution in [2.24, 2.45) is 0 Å². The average Bonchev–Trinajstić information content (AvgIpc) is 2.65. The molecule has 1 saturated carbocycles. The highest BCUT2D eigenvalue weighted by molar-refractivity contribution is 7.99. The summed E-state index contributed by atoms with van der Waals surface area (Å²) in [6, 6.07) is 6.77. The van der Waals surface area contributed by atoms with Crippen molar-refractivity contribution in [2.45, 2.75) is 37.5 Å². The van der Waals surface area contributed by atoms with E-state index in [0.29, 0.717) is 6.04 Å². The van der Waals surface area contributed by atoms with Gasteiger partial charge in [-0.3, -0.25) is 0 Å². The molecule has 1 aliphatic carbocycles. The molecule has 0 aliphatic heterocycles. The molecule has 2 unspecified atom stereocenters. The first kappa shape index (κ1) is 10.8. The number of aromatic nitrogens is 1. The first-order chi connectivity index (χ1) is 7.28. The van der Waals surface area contributed by atoms with Crippen LogP contribution in [0.2, 0.25) is 0 Å². The van der Waals surface area contributed by atoms with Gasteiger partial charge in [-0.15, -0.1) is 0 Å². The van der Waals surface area contributed by atoms with Crippen molar-refractivity contribution < 1.29 is 0 Å². The average molecular weight is 222 g/mol. The van der Waals surface area contributed by atoms with Gasteiger partial charge in [0.15, 0.2) is 0 Å². The van der Waals surface area contributed by atoms with Crippen LogP contribution in [0.15, 0.2) is 18.2 Å². The number of hydrogen-bond donors (Lipinski definition) is 1. The summed E-state index contributed by atoms with van der Waals surface area (Å²) in [6.07, 6.45) is 6.10. The van der Waals surface area contributed by atoms with Crippen molar-refractivity contribution in [3.05, 3.63) is 23.9 Å². The maximum atomic E-state index is 4.47. The molecule has 0 radical (unpaired) electrons. The fourth-order valence-corrected chi connectivity index (χ4v) is 2.91. The highest BCUT2D eigenvalue weighted by Gasteiger charge is 2.23. The smallest absolute Gasteiger partial charge is 0.126 e. The van der Waals surface area contributed by atoms with Crippen LogP contribution in [0.1, 0.15) is 25.0 Å². The van der Waals surface area contributed by atoms with Gasteiger partial charge in [0.05, 0.1) is 0 Å². The van der Waals surface area contributed by atoms with Crippen molar-refractivity contribution in [2.75, 3.05) is 11.6 Å². The summed E-state index contributed by atoms with van der Waals surface area (Å²) in [6.45, 7) is 2.03. The van der Waals surface area contributed by atoms with E-state index in [2.05, 4.69) is 28.7 Å². The van der Waals surface area contributed by atoms with Gasteiger partial charge in [0, 0.05) is 17.0 Å². The Bertz CT molecular complexity index is 327. The van der Waals surface area contributed by atoms with E-state index in [1.54, 1.807) is 0 Å². The van der Waals surface area contributed by atoms with Crippen molar-refractivity contribution in [1.82, 2.24) is 4.98 Å². The summed E-state index contributed by atoms with van der Waals surface area (Å²) in [4.78, 5) is 4.47. The Hall–Kier alpha value is -0.700. The largest absolute Gasteiger partial charge is 0.367 e. The van der Waals surface area contributed by atoms with Crippen LogP contribution in [0.25, 0.3) is 0 Å². The van der Waals surface area contributed by atoms with Gasteiger partial charge in [0.25, 0.3) is 0 Å². The summed E-state index contributed by atoms with van der Waals surface area (Å²) in [5.74, 6) is 1.03. The highest BCUT2D eigenvalue weighted by atomic mass is 32.2. The molecular weight excluding hydrogens is 204 g/mol. The number of hydrogen-bond acceptors (Lipinski definition) is 3. The predicted octanol–water partition coefficient (Wildman–Crippen LogP) is 3.09. The van der Waals surface area contributed by atoms with Crippen LogP contribution < -0.4 is 5.32 Å². The molecule has 2 nitrogen and oxygen atoms in total. The second kappa shape index (κ2) is 4.88. The summed E-state index contributed by atoms with van der Waals surface area (Å²) < 4.78 is 0. The molecule has 0 amide bonds. The monoisotopic (exact) mass is 222 g/mol. The summed E-state index contributed by atoms with van der Waals surface area (Å²) in [5.41, 5.74) is 1.08. The van der Waals surface area contributed by atoms with Crippen LogP contribution in [-0.4, -0.2) is 22.5 Å². The lowest BCUT2D eigenvalue weighted by molar-refractivity contribution is 0.751. The Kier molecular flexibility index (Phi) is 3.52. The van der Waals surface area contributed by atoms with Crippen molar-refractivity contribution in [3.63, 3.8) is 0 Å². The van der Waals surface area contributed by atoms with E-state index in [4.69, 9.17) is 0 Å². The minimum absolute atomic E-state index is 0.622. The number of aryl methyl sites for hydroxylation is 1. The fraction of sp³-hybridized carbons (Fsp3) is 0.583. The van der Waals surface area contributed by atoms with Gasteiger partial charge in [-0.1, -0.05) is 6.07 Å². The van der Waals surface area contributed by atoms with E-state index >= 15 is 0 Å². The fourth-order valence-electron chi connectivity index (χ4n) is 2.12. The molecule has 0 aromatic carbocycles. The maximum Gasteiger partial charge on any atom is 0.126 e. The molecular formula is C12H18N2S. The van der Waals surface area contributed by atoms with E-state index in [1.165, 1.54) is 19.3 Å². The van der Waals surface area contributed by atoms with Crippen LogP contribution in [0, 0.1) is 6.92 Å². The predicted molar refractivity (Wildman–Crippen MR) is 67.5 cm³/mol. The van der Waals surface area contributed by atoms with Gasteiger partial charge >= 0.3 is 0 Å². The summed E-state index contributed by atoms with van der Waals surface area (Å²) in [5, 5.41) is 4.36. The lowest BCUT2D eigenvalue weighted by Gasteiger charge is -2.13. The number of pyridine rings is 1. The van der Waals surface area contributed by atoms with Gasteiger partial charge in [0.2, 0.25) is 0 Å². The Balaban J connectivity index is 1.92. The number of thioether (sulfide) groups is 1. The van der Waals surface area contributed by atoms with Crippen molar-refractivity contribution >= 4 is 17.6 Å². The molecule has 2 rings (SSSR count). The van der Waals surface area contributed by atoms with Gasteiger partial charge in [-0.2, -0.15) is 11.8 Å². The second-order valence-corrected chi connectivity index (χ2v) is 5.31. The van der Waals surface area contributed by atoms with Crippen LogP contribution >= 0.6 is 11.8 Å². The number of nitrogens with zero attached hydrogens (tertiary/aromatic N) is 1. The van der Waals surface area contributed by atoms with Gasteiger partial charge in [-0.25, -0.2) is 4.98 Å². The quantitative estimate of drug-likeness (QED) is 0.850. The van der Waals surface area contributed by atoms with Crippen molar-refractivity contribution in [3.8, 4) is 0 Å². The topological polar surface area (TPSA) is 24.9 Å². The zero-order valence-electron chi connectivity index (χ0n) is 9.36. The third-order valence-corrected chi connectivity index (χ3v) is 4.05. The molecule has 1 aromatic rings. The first-order valence-corrected chi connectivity index (χ1v) is 6.79. The van der Waals surface area contributed by atoms with Crippen LogP contribution in [0.3, 0.4) is 0 Å². The van der Waals surface area contributed by atoms with E-state index in [1.807, 2.05) is 24.8 Å². The molecule has 1 heterocycles. The molecule has 0 bridgehead atoms. The van der Waals surface area contributed by atoms with Gasteiger partial charge in [0.1, 0.15) is 5.82 Å². The Morgan fingerprint density at radius 3 is 2.93 bits per heavy atom. The normalized spacial score (nSPS) is 25.5. The zero-order chi connectivity index (χ0) is 10.7. The molecule has 15 heavy (non-hydrogen) atoms. The Morgan fingerprint density at radius 2 is 2.27 bits per heavy atom. The molecule has 1 N–H and O–H groups in total. The van der Waals surface area contributed by atoms with E-state index < -0.39 is 0 Å². The SMILES string of the molecule is CSC1CCC(Nc2cccc(C)n2)C1. The second-order valence-electron chi connectivity index (χ2n) is 4.18. The molecule has 0 saturated heterocycles. The lowest BCUT2D eigenvalue weighted by Crippen LogP contribution is -2.16. The molecule has 1 aromatic heterocycles. The molecule has 82 valence electrons. The Labute approximate surface area is 95.9 Å². The summed E-state index contributed by atoms with van der Waals surface area (Å²) >= 11 is 1.99. The summed E-state index contributed by atoms with van der Waals surface area (Å²) in [7, 11) is 0. The lowest BCUT2D eigenvalue weighted by atomic mass is 10.2. The van der Waals surface area contributed by atoms with Crippen LogP contribution in [0.4, 0.5) is 5.82 Å². The number of rotatable bonds is 3. The molecule has 3 heteroatoms. The van der Waals surface area contributed by atoms with Crippen LogP contribution in [-0.2, 0) is 0 Å². The maximum absolute atomic E-state index is 4.47. The molecule has 2 atom stereocenters. The van der Waals surface area contributed by atoms with Gasteiger partial charge < -0.3 is 5.32 Å². The minimum Gasteiger partial charge on any atom is -0.367 e. The number of nitrogens with one attached hydrogen (secondary N) is 1. The van der Waals surface area contributed by atoms with Crippen LogP contribution in [0.5, 0.6) is 0 Å². The Morgan fingerprint density at radius 1 is 1.40 bits per heavy atom. The third-order valence-electron chi connectivity index (χ3n) is 2.96. The standard InChI is InChI=1S/C12H18N2S/c1-9-4-3-5-12(13-9)14-10-6-7-11(8-10)15-2/h3-5,10-11H,6-8H2,1-2H3,(H,13,14). The third kappa shape index (κ3) is 2.88. The minimum atomic E-state index is 0.622. The van der Waals surface area contributed by atoms with Gasteiger partial charge in [-0.05, 0) is 44.6 Å². The molecule has 1 aliphatic rings. The molecule has 0 spiro atoms. The highest BCUT2D eigenvalue weighted by Crippen LogP contribution is 2.29. The number of anilines is 1. The van der Waals surface area contributed by atoms with E-state index in [-0.39, 0.29) is 0 Å². The van der Waals surface area contributed by atoms with E-state index in [0.717, 1.165) is 16.8 Å². The van der Waals surface area contributed by atoms with E-state index in [9.17, 15) is 0 Å². The molecule has 1 fully saturated rings. The first-order valence-electron chi connectivity index (χ1n) is 5.51. The van der Waals surface area contributed by atoms with Crippen molar-refractivity contribution in [1.29, 1.82) is 0 Å². The zero-order valence-corrected chi connectivity index (χ0v) is 10.2.